The first-order valence-electron chi connectivity index (χ1n) is 4.20. The van der Waals surface area contributed by atoms with E-state index in [0.29, 0.717) is 12.0 Å². The average molecular weight is 174 g/mol. The molecule has 0 saturated carbocycles. The second kappa shape index (κ2) is 3.05. The zero-order valence-corrected chi connectivity index (χ0v) is 7.41. The molecule has 0 radical (unpaired) electrons. The normalized spacial score (nSPS) is 14.1. The van der Waals surface area contributed by atoms with Crippen LogP contribution < -0.4 is 4.74 Å². The van der Waals surface area contributed by atoms with E-state index in [4.69, 9.17) is 4.74 Å². The maximum atomic E-state index is 10.5. The molecule has 13 heavy (non-hydrogen) atoms. The van der Waals surface area contributed by atoms with E-state index in [9.17, 15) is 4.79 Å². The molecule has 0 atom stereocenters. The van der Waals surface area contributed by atoms with Crippen molar-refractivity contribution in [3.8, 4) is 5.75 Å². The van der Waals surface area contributed by atoms with Crippen molar-refractivity contribution in [2.45, 2.75) is 13.3 Å². The summed E-state index contributed by atoms with van der Waals surface area (Å²) in [4.78, 5) is 10.5. The SMILES string of the molecule is Cc1ccc2c(c1)CC(C=O)=CO2. The third-order valence-corrected chi connectivity index (χ3v) is 2.10. The minimum absolute atomic E-state index is 0.681. The van der Waals surface area contributed by atoms with Crippen molar-refractivity contribution in [1.29, 1.82) is 0 Å². The minimum atomic E-state index is 0.681. The van der Waals surface area contributed by atoms with E-state index in [1.165, 1.54) is 11.8 Å². The van der Waals surface area contributed by atoms with Crippen LogP contribution in [0, 0.1) is 6.92 Å². The number of aryl methyl sites for hydroxylation is 1. The van der Waals surface area contributed by atoms with Crippen molar-refractivity contribution < 1.29 is 9.53 Å². The Morgan fingerprint density at radius 1 is 1.46 bits per heavy atom. The molecule has 0 unspecified atom stereocenters. The number of ether oxygens (including phenoxy) is 1. The minimum Gasteiger partial charge on any atom is -0.464 e. The molecule has 66 valence electrons. The Kier molecular flexibility index (Phi) is 1.89. The van der Waals surface area contributed by atoms with Crippen LogP contribution in [0.25, 0.3) is 0 Å². The van der Waals surface area contributed by atoms with Crippen molar-refractivity contribution in [3.63, 3.8) is 0 Å². The van der Waals surface area contributed by atoms with Crippen molar-refractivity contribution >= 4 is 6.29 Å². The molecule has 1 aliphatic rings. The van der Waals surface area contributed by atoms with E-state index >= 15 is 0 Å². The van der Waals surface area contributed by atoms with Crippen LogP contribution in [0.3, 0.4) is 0 Å². The van der Waals surface area contributed by atoms with Gasteiger partial charge in [-0.2, -0.15) is 0 Å². The molecule has 0 spiro atoms. The maximum absolute atomic E-state index is 10.5. The van der Waals surface area contributed by atoms with Gasteiger partial charge in [-0.15, -0.1) is 0 Å². The van der Waals surface area contributed by atoms with Gasteiger partial charge in [0, 0.05) is 12.0 Å². The summed E-state index contributed by atoms with van der Waals surface area (Å²) in [7, 11) is 0. The largest absolute Gasteiger partial charge is 0.464 e. The third kappa shape index (κ3) is 1.47. The number of carbonyl (C=O) groups is 1. The predicted molar refractivity (Wildman–Crippen MR) is 49.7 cm³/mol. The van der Waals surface area contributed by atoms with E-state index in [0.717, 1.165) is 17.6 Å². The first-order valence-corrected chi connectivity index (χ1v) is 4.20. The molecular weight excluding hydrogens is 164 g/mol. The fraction of sp³-hybridized carbons (Fsp3) is 0.182. The van der Waals surface area contributed by atoms with E-state index in [-0.39, 0.29) is 0 Å². The molecule has 0 amide bonds. The third-order valence-electron chi connectivity index (χ3n) is 2.10. The molecule has 1 aromatic carbocycles. The van der Waals surface area contributed by atoms with Gasteiger partial charge in [-0.05, 0) is 18.6 Å². The average Bonchev–Trinajstić information content (AvgIpc) is 2.16. The van der Waals surface area contributed by atoms with E-state index < -0.39 is 0 Å². The zero-order chi connectivity index (χ0) is 9.26. The molecule has 1 aromatic rings. The van der Waals surface area contributed by atoms with Gasteiger partial charge < -0.3 is 4.74 Å². The van der Waals surface area contributed by atoms with Gasteiger partial charge in [0.25, 0.3) is 0 Å². The highest BCUT2D eigenvalue weighted by molar-refractivity contribution is 5.74. The maximum Gasteiger partial charge on any atom is 0.149 e. The molecule has 0 N–H and O–H groups in total. The summed E-state index contributed by atoms with van der Waals surface area (Å²) >= 11 is 0. The summed E-state index contributed by atoms with van der Waals surface area (Å²) in [6, 6.07) is 5.98. The lowest BCUT2D eigenvalue weighted by atomic mass is 10.0. The van der Waals surface area contributed by atoms with E-state index in [1.807, 2.05) is 25.1 Å². The molecule has 0 aliphatic carbocycles. The molecule has 2 heteroatoms. The highest BCUT2D eigenvalue weighted by Crippen LogP contribution is 2.26. The number of allylic oxidation sites excluding steroid dienone is 1. The topological polar surface area (TPSA) is 26.3 Å². The summed E-state index contributed by atoms with van der Waals surface area (Å²) in [5.74, 6) is 0.858. The standard InChI is InChI=1S/C11H10O2/c1-8-2-3-11-10(4-8)5-9(6-12)7-13-11/h2-4,6-7H,5H2,1H3. The second-order valence-electron chi connectivity index (χ2n) is 3.22. The predicted octanol–water partition coefficient (Wildman–Crippen LogP) is 2.01. The van der Waals surface area contributed by atoms with Gasteiger partial charge in [0.15, 0.2) is 0 Å². The van der Waals surface area contributed by atoms with Crippen LogP contribution in [0.5, 0.6) is 5.75 Å². The van der Waals surface area contributed by atoms with Crippen LogP contribution in [-0.2, 0) is 11.2 Å². The Bertz CT molecular complexity index is 378. The fourth-order valence-electron chi connectivity index (χ4n) is 1.43. The second-order valence-corrected chi connectivity index (χ2v) is 3.22. The van der Waals surface area contributed by atoms with Gasteiger partial charge in [-0.3, -0.25) is 4.79 Å². The fourth-order valence-corrected chi connectivity index (χ4v) is 1.43. The lowest BCUT2D eigenvalue weighted by Gasteiger charge is -2.14. The number of hydrogen-bond acceptors (Lipinski definition) is 2. The van der Waals surface area contributed by atoms with Crippen LogP contribution >= 0.6 is 0 Å². The molecule has 2 nitrogen and oxygen atoms in total. The zero-order valence-electron chi connectivity index (χ0n) is 7.41. The Morgan fingerprint density at radius 2 is 2.31 bits per heavy atom. The van der Waals surface area contributed by atoms with Crippen LogP contribution in [0.15, 0.2) is 30.0 Å². The van der Waals surface area contributed by atoms with Crippen LogP contribution in [0.1, 0.15) is 11.1 Å². The van der Waals surface area contributed by atoms with Gasteiger partial charge in [0.1, 0.15) is 12.0 Å². The first-order chi connectivity index (χ1) is 6.29. The lowest BCUT2D eigenvalue weighted by molar-refractivity contribution is -0.105. The number of fused-ring (bicyclic) bond motifs is 1. The quantitative estimate of drug-likeness (QED) is 0.609. The van der Waals surface area contributed by atoms with Crippen LogP contribution in [-0.4, -0.2) is 6.29 Å². The van der Waals surface area contributed by atoms with Gasteiger partial charge in [-0.25, -0.2) is 0 Å². The Balaban J connectivity index is 2.39. The molecule has 0 fully saturated rings. The van der Waals surface area contributed by atoms with Gasteiger partial charge in [-0.1, -0.05) is 17.7 Å². The summed E-state index contributed by atoms with van der Waals surface area (Å²) in [6.45, 7) is 2.03. The molecule has 0 aromatic heterocycles. The Morgan fingerprint density at radius 3 is 3.08 bits per heavy atom. The summed E-state index contributed by atoms with van der Waals surface area (Å²) < 4.78 is 5.29. The Labute approximate surface area is 76.8 Å². The molecule has 0 saturated heterocycles. The molecule has 0 bridgehead atoms. The lowest BCUT2D eigenvalue weighted by Crippen LogP contribution is -2.03. The van der Waals surface area contributed by atoms with Gasteiger partial charge >= 0.3 is 0 Å². The molecule has 2 rings (SSSR count). The van der Waals surface area contributed by atoms with Crippen molar-refractivity contribution in [2.24, 2.45) is 0 Å². The molecule has 1 aliphatic heterocycles. The smallest absolute Gasteiger partial charge is 0.149 e. The number of carbonyl (C=O) groups excluding carboxylic acids is 1. The first kappa shape index (κ1) is 8.05. The summed E-state index contributed by atoms with van der Waals surface area (Å²) in [5.41, 5.74) is 2.97. The molecule has 1 heterocycles. The number of rotatable bonds is 1. The van der Waals surface area contributed by atoms with Gasteiger partial charge in [0.05, 0.1) is 6.26 Å². The number of aldehydes is 1. The monoisotopic (exact) mass is 174 g/mol. The van der Waals surface area contributed by atoms with Crippen molar-refractivity contribution in [2.75, 3.05) is 0 Å². The van der Waals surface area contributed by atoms with E-state index in [2.05, 4.69) is 0 Å². The Hall–Kier alpha value is -1.57. The van der Waals surface area contributed by atoms with E-state index in [1.54, 1.807) is 0 Å². The number of hydrogen-bond donors (Lipinski definition) is 0. The van der Waals surface area contributed by atoms with Crippen LogP contribution in [0.4, 0.5) is 0 Å². The van der Waals surface area contributed by atoms with Crippen LogP contribution in [0.2, 0.25) is 0 Å². The summed E-state index contributed by atoms with van der Waals surface area (Å²) in [6.07, 6.45) is 3.04. The van der Waals surface area contributed by atoms with Gasteiger partial charge in [0.2, 0.25) is 0 Å². The summed E-state index contributed by atoms with van der Waals surface area (Å²) in [5, 5.41) is 0. The highest BCUT2D eigenvalue weighted by Gasteiger charge is 2.11. The number of benzene rings is 1. The van der Waals surface area contributed by atoms with Crippen molar-refractivity contribution in [3.05, 3.63) is 41.2 Å². The molecular formula is C11H10O2. The van der Waals surface area contributed by atoms with Crippen molar-refractivity contribution in [1.82, 2.24) is 0 Å². The highest BCUT2D eigenvalue weighted by atomic mass is 16.5.